The molecule has 2 atom stereocenters. The van der Waals surface area contributed by atoms with Crippen molar-refractivity contribution < 1.29 is 9.53 Å². The Morgan fingerprint density at radius 3 is 2.74 bits per heavy atom. The molecule has 4 heteroatoms. The maximum atomic E-state index is 13.1. The lowest BCUT2D eigenvalue weighted by atomic mass is 9.83. The maximum absolute atomic E-state index is 13.1. The van der Waals surface area contributed by atoms with Crippen LogP contribution in [0.1, 0.15) is 21.8 Å². The second kappa shape index (κ2) is 5.70. The van der Waals surface area contributed by atoms with Crippen LogP contribution in [-0.2, 0) is 0 Å². The first kappa shape index (κ1) is 14.3. The van der Waals surface area contributed by atoms with Gasteiger partial charge in [0.1, 0.15) is 5.75 Å². The Bertz CT molecular complexity index is 729. The van der Waals surface area contributed by atoms with E-state index in [-0.39, 0.29) is 5.91 Å². The molecule has 4 nitrogen and oxygen atoms in total. The van der Waals surface area contributed by atoms with Crippen molar-refractivity contribution in [2.24, 2.45) is 5.92 Å². The topological polar surface area (TPSA) is 41.6 Å². The van der Waals surface area contributed by atoms with Crippen LogP contribution < -0.4 is 15.0 Å². The molecule has 2 heterocycles. The number of anilines is 1. The van der Waals surface area contributed by atoms with Gasteiger partial charge in [-0.15, -0.1) is 0 Å². The molecular weight excluding hydrogens is 288 g/mol. The van der Waals surface area contributed by atoms with Gasteiger partial charge in [-0.2, -0.15) is 0 Å². The summed E-state index contributed by atoms with van der Waals surface area (Å²) < 4.78 is 5.56. The second-order valence-electron chi connectivity index (χ2n) is 6.20. The summed E-state index contributed by atoms with van der Waals surface area (Å²) in [5.74, 6) is 1.74. The fraction of sp³-hybridized carbons (Fsp3) is 0.316. The molecule has 23 heavy (non-hydrogen) atoms. The van der Waals surface area contributed by atoms with Gasteiger partial charge in [-0.25, -0.2) is 0 Å². The van der Waals surface area contributed by atoms with E-state index in [1.54, 1.807) is 7.11 Å². The van der Waals surface area contributed by atoms with Gasteiger partial charge in [-0.05, 0) is 29.7 Å². The van der Waals surface area contributed by atoms with Crippen molar-refractivity contribution in [2.75, 3.05) is 31.6 Å². The third-order valence-electron chi connectivity index (χ3n) is 4.94. The van der Waals surface area contributed by atoms with Crippen molar-refractivity contribution in [2.45, 2.75) is 5.92 Å². The summed E-state index contributed by atoms with van der Waals surface area (Å²) in [6.07, 6.45) is 0. The van der Waals surface area contributed by atoms with Crippen molar-refractivity contribution in [3.8, 4) is 5.75 Å². The van der Waals surface area contributed by atoms with E-state index in [4.69, 9.17) is 4.74 Å². The lowest BCUT2D eigenvalue weighted by molar-refractivity contribution is 0.0979. The van der Waals surface area contributed by atoms with E-state index in [1.165, 1.54) is 5.56 Å². The lowest BCUT2D eigenvalue weighted by Crippen LogP contribution is -2.41. The van der Waals surface area contributed by atoms with Gasteiger partial charge < -0.3 is 15.0 Å². The van der Waals surface area contributed by atoms with Crippen LogP contribution in [0.25, 0.3) is 0 Å². The molecule has 2 aliphatic rings. The third kappa shape index (κ3) is 2.30. The zero-order valence-electron chi connectivity index (χ0n) is 13.2. The van der Waals surface area contributed by atoms with Crippen LogP contribution >= 0.6 is 0 Å². The average Bonchev–Trinajstić information content (AvgIpc) is 3.09. The molecule has 4 rings (SSSR count). The van der Waals surface area contributed by atoms with Gasteiger partial charge in [0.05, 0.1) is 12.8 Å². The molecule has 118 valence electrons. The van der Waals surface area contributed by atoms with Gasteiger partial charge in [0, 0.05) is 31.1 Å². The molecule has 0 saturated carbocycles. The van der Waals surface area contributed by atoms with Crippen LogP contribution in [0.15, 0.2) is 48.5 Å². The molecule has 1 fully saturated rings. The van der Waals surface area contributed by atoms with Crippen LogP contribution in [0.3, 0.4) is 0 Å². The molecule has 0 unspecified atom stereocenters. The predicted octanol–water partition coefficient (Wildman–Crippen LogP) is 2.66. The molecule has 1 amide bonds. The molecule has 0 aliphatic carbocycles. The predicted molar refractivity (Wildman–Crippen MR) is 90.2 cm³/mol. The number of carbonyl (C=O) groups is 1. The zero-order valence-corrected chi connectivity index (χ0v) is 13.2. The summed E-state index contributed by atoms with van der Waals surface area (Å²) in [6.45, 7) is 2.66. The largest absolute Gasteiger partial charge is 0.495 e. The second-order valence-corrected chi connectivity index (χ2v) is 6.20. The van der Waals surface area contributed by atoms with E-state index in [0.717, 1.165) is 31.1 Å². The molecule has 0 aromatic heterocycles. The summed E-state index contributed by atoms with van der Waals surface area (Å²) in [6, 6.07) is 15.6. The first-order chi connectivity index (χ1) is 11.3. The first-order valence-corrected chi connectivity index (χ1v) is 8.04. The van der Waals surface area contributed by atoms with Crippen molar-refractivity contribution in [3.05, 3.63) is 59.7 Å². The number of nitrogens with one attached hydrogen (secondary N) is 1. The molecular formula is C19H20N2O2. The SMILES string of the molecule is COc1cccc2c1N(C(=O)c1ccccc1)C[C@@H]1CNC[C@H]21. The summed E-state index contributed by atoms with van der Waals surface area (Å²) >= 11 is 0. The van der Waals surface area contributed by atoms with Crippen LogP contribution in [-0.4, -0.2) is 32.7 Å². The van der Waals surface area contributed by atoms with Crippen molar-refractivity contribution in [3.63, 3.8) is 0 Å². The Balaban J connectivity index is 1.82. The average molecular weight is 308 g/mol. The summed E-state index contributed by atoms with van der Waals surface area (Å²) in [7, 11) is 1.67. The van der Waals surface area contributed by atoms with Gasteiger partial charge in [0.15, 0.2) is 0 Å². The number of nitrogens with zero attached hydrogens (tertiary/aromatic N) is 1. The third-order valence-corrected chi connectivity index (χ3v) is 4.94. The number of hydrogen-bond donors (Lipinski definition) is 1. The Kier molecular flexibility index (Phi) is 3.54. The first-order valence-electron chi connectivity index (χ1n) is 8.04. The number of amides is 1. The Morgan fingerprint density at radius 1 is 1.13 bits per heavy atom. The van der Waals surface area contributed by atoms with E-state index >= 15 is 0 Å². The van der Waals surface area contributed by atoms with Crippen LogP contribution in [0, 0.1) is 5.92 Å². The number of benzene rings is 2. The van der Waals surface area contributed by atoms with E-state index < -0.39 is 0 Å². The minimum atomic E-state index is 0.0432. The Morgan fingerprint density at radius 2 is 1.96 bits per heavy atom. The number of carbonyl (C=O) groups excluding carboxylic acids is 1. The maximum Gasteiger partial charge on any atom is 0.258 e. The zero-order chi connectivity index (χ0) is 15.8. The number of fused-ring (bicyclic) bond motifs is 3. The summed E-state index contributed by atoms with van der Waals surface area (Å²) in [4.78, 5) is 15.0. The molecule has 0 spiro atoms. The molecule has 2 aromatic carbocycles. The van der Waals surface area contributed by atoms with Crippen LogP contribution in [0.4, 0.5) is 5.69 Å². The highest BCUT2D eigenvalue weighted by Gasteiger charge is 2.40. The minimum absolute atomic E-state index is 0.0432. The van der Waals surface area contributed by atoms with Gasteiger partial charge in [0.25, 0.3) is 5.91 Å². The standard InChI is InChI=1S/C19H20N2O2/c1-23-17-9-5-8-15-16-11-20-10-14(16)12-21(18(15)17)19(22)13-6-3-2-4-7-13/h2-9,14,16,20H,10-12H2,1H3/t14-,16-/m0/s1. The molecule has 1 N–H and O–H groups in total. The van der Waals surface area contributed by atoms with E-state index in [9.17, 15) is 4.79 Å². The highest BCUT2D eigenvalue weighted by molar-refractivity contribution is 6.07. The molecule has 0 bridgehead atoms. The summed E-state index contributed by atoms with van der Waals surface area (Å²) in [5, 5.41) is 3.46. The van der Waals surface area contributed by atoms with E-state index in [0.29, 0.717) is 17.4 Å². The number of para-hydroxylation sites is 1. The van der Waals surface area contributed by atoms with Gasteiger partial charge >= 0.3 is 0 Å². The quantitative estimate of drug-likeness (QED) is 0.927. The fourth-order valence-electron chi connectivity index (χ4n) is 3.83. The molecule has 1 saturated heterocycles. The number of ether oxygens (including phenoxy) is 1. The highest BCUT2D eigenvalue weighted by atomic mass is 16.5. The Hall–Kier alpha value is -2.33. The van der Waals surface area contributed by atoms with Gasteiger partial charge in [-0.3, -0.25) is 4.79 Å². The van der Waals surface area contributed by atoms with Crippen molar-refractivity contribution in [1.82, 2.24) is 5.32 Å². The van der Waals surface area contributed by atoms with E-state index in [1.807, 2.05) is 47.4 Å². The molecule has 2 aromatic rings. The summed E-state index contributed by atoms with van der Waals surface area (Å²) in [5.41, 5.74) is 2.87. The van der Waals surface area contributed by atoms with E-state index in [2.05, 4.69) is 11.4 Å². The lowest BCUT2D eigenvalue weighted by Gasteiger charge is -2.37. The fourth-order valence-corrected chi connectivity index (χ4v) is 3.83. The number of rotatable bonds is 2. The number of methoxy groups -OCH3 is 1. The monoisotopic (exact) mass is 308 g/mol. The van der Waals surface area contributed by atoms with Crippen molar-refractivity contribution >= 4 is 11.6 Å². The normalized spacial score (nSPS) is 22.4. The van der Waals surface area contributed by atoms with Crippen molar-refractivity contribution in [1.29, 1.82) is 0 Å². The number of hydrogen-bond acceptors (Lipinski definition) is 3. The van der Waals surface area contributed by atoms with Crippen LogP contribution in [0.2, 0.25) is 0 Å². The molecule has 0 radical (unpaired) electrons. The molecule has 2 aliphatic heterocycles. The highest BCUT2D eigenvalue weighted by Crippen LogP contribution is 2.45. The van der Waals surface area contributed by atoms with Crippen LogP contribution in [0.5, 0.6) is 5.75 Å². The Labute approximate surface area is 136 Å². The van der Waals surface area contributed by atoms with Gasteiger partial charge in [0.2, 0.25) is 0 Å². The minimum Gasteiger partial charge on any atom is -0.495 e. The van der Waals surface area contributed by atoms with Gasteiger partial charge in [-0.1, -0.05) is 30.3 Å². The smallest absolute Gasteiger partial charge is 0.258 e.